The summed E-state index contributed by atoms with van der Waals surface area (Å²) in [6.07, 6.45) is 30.7. The van der Waals surface area contributed by atoms with Gasteiger partial charge in [0.15, 0.2) is 0 Å². The van der Waals surface area contributed by atoms with E-state index in [0.29, 0.717) is 12.3 Å². The van der Waals surface area contributed by atoms with Gasteiger partial charge >= 0.3 is 0 Å². The zero-order chi connectivity index (χ0) is 33.3. The maximum absolute atomic E-state index is 11.4. The average molecular weight is 603 g/mol. The van der Waals surface area contributed by atoms with Crippen LogP contribution in [-0.4, -0.2) is 43.8 Å². The molecule has 0 spiro atoms. The van der Waals surface area contributed by atoms with Crippen molar-refractivity contribution in [1.82, 2.24) is 0 Å². The summed E-state index contributed by atoms with van der Waals surface area (Å²) >= 11 is 0. The fourth-order valence-electron chi connectivity index (χ4n) is 6.57. The van der Waals surface area contributed by atoms with E-state index in [2.05, 4.69) is 77.2 Å². The van der Waals surface area contributed by atoms with E-state index in [1.165, 1.54) is 11.1 Å². The Labute approximate surface area is 267 Å². The van der Waals surface area contributed by atoms with E-state index < -0.39 is 22.7 Å². The van der Waals surface area contributed by atoms with E-state index in [1.54, 1.807) is 13.0 Å². The fraction of sp³-hybridized carbons (Fsp3) is 0.500. The molecule has 5 atom stereocenters. The molecule has 4 nitrogen and oxygen atoms in total. The summed E-state index contributed by atoms with van der Waals surface area (Å²) in [4.78, 5) is 0. The van der Waals surface area contributed by atoms with Gasteiger partial charge < -0.3 is 20.4 Å². The van der Waals surface area contributed by atoms with Gasteiger partial charge in [-0.1, -0.05) is 141 Å². The van der Waals surface area contributed by atoms with Gasteiger partial charge in [-0.25, -0.2) is 0 Å². The normalized spacial score (nSPS) is 32.6. The molecule has 0 aliphatic heterocycles. The summed E-state index contributed by atoms with van der Waals surface area (Å²) in [7, 11) is 0. The number of allylic oxidation sites excluding steroid dienone is 18. The smallest absolute Gasteiger partial charge is 0.117 e. The zero-order valence-corrected chi connectivity index (χ0v) is 28.8. The van der Waals surface area contributed by atoms with Crippen LogP contribution in [0.25, 0.3) is 0 Å². The molecular weight excluding hydrogens is 544 g/mol. The van der Waals surface area contributed by atoms with Crippen LogP contribution in [0.4, 0.5) is 0 Å². The predicted octanol–water partition coefficient (Wildman–Crippen LogP) is 8.57. The lowest BCUT2D eigenvalue weighted by Gasteiger charge is -2.54. The van der Waals surface area contributed by atoms with E-state index >= 15 is 0 Å². The lowest BCUT2D eigenvalue weighted by Crippen LogP contribution is -2.65. The van der Waals surface area contributed by atoms with Gasteiger partial charge in [-0.05, 0) is 65.9 Å². The summed E-state index contributed by atoms with van der Waals surface area (Å²) in [5.74, 6) is 0.330. The molecule has 2 rings (SSSR count). The molecule has 2 aliphatic carbocycles. The summed E-state index contributed by atoms with van der Waals surface area (Å²) in [6, 6.07) is 0. The maximum Gasteiger partial charge on any atom is 0.117 e. The molecule has 0 bridgehead atoms. The topological polar surface area (TPSA) is 80.9 Å². The summed E-state index contributed by atoms with van der Waals surface area (Å²) < 4.78 is 0. The van der Waals surface area contributed by atoms with Gasteiger partial charge in [-0.3, -0.25) is 0 Å². The molecule has 0 radical (unpaired) electrons. The Bertz CT molecular complexity index is 1280. The van der Waals surface area contributed by atoms with Gasteiger partial charge in [0.2, 0.25) is 0 Å². The first-order chi connectivity index (χ1) is 20.3. The minimum atomic E-state index is -1.44. The van der Waals surface area contributed by atoms with Crippen molar-refractivity contribution in [2.45, 2.75) is 112 Å². The van der Waals surface area contributed by atoms with E-state index in [4.69, 9.17) is 0 Å². The summed E-state index contributed by atoms with van der Waals surface area (Å²) in [5.41, 5.74) is 2.13. The van der Waals surface area contributed by atoms with Crippen molar-refractivity contribution in [2.24, 2.45) is 16.7 Å². The van der Waals surface area contributed by atoms with Crippen LogP contribution < -0.4 is 0 Å². The molecule has 242 valence electrons. The number of aliphatic hydroxyl groups excluding tert-OH is 2. The molecule has 0 unspecified atom stereocenters. The minimum absolute atomic E-state index is 0.0406. The molecule has 0 aromatic rings. The molecular formula is C40H58O4. The first-order valence-electron chi connectivity index (χ1n) is 15.9. The number of rotatable bonds is 10. The van der Waals surface area contributed by atoms with Crippen molar-refractivity contribution in [3.8, 4) is 0 Å². The van der Waals surface area contributed by atoms with Crippen LogP contribution in [-0.2, 0) is 0 Å². The zero-order valence-electron chi connectivity index (χ0n) is 28.8. The van der Waals surface area contributed by atoms with Crippen molar-refractivity contribution in [3.63, 3.8) is 0 Å². The molecule has 0 amide bonds. The number of hydrogen-bond acceptors (Lipinski definition) is 4. The second-order valence-electron chi connectivity index (χ2n) is 14.6. The summed E-state index contributed by atoms with van der Waals surface area (Å²) in [6.45, 7) is 20.1. The van der Waals surface area contributed by atoms with E-state index in [0.717, 1.165) is 23.1 Å². The number of hydrogen-bond donors (Lipinski definition) is 4. The molecule has 0 heterocycles. The molecule has 4 N–H and O–H groups in total. The van der Waals surface area contributed by atoms with Crippen LogP contribution in [0.15, 0.2) is 119 Å². The highest BCUT2D eigenvalue weighted by molar-refractivity contribution is 5.33. The third-order valence-electron chi connectivity index (χ3n) is 9.16. The SMILES string of the molecule is CC1=C[C@@H](O)CC(C)(C)[C@H]1/C=C/C(C)=C/C=C/C(C)=C/C=C/C=C(C)/C=C/C=C(C)/C=C/[C@]1(O)C(C)(C)C[C@H](O)C[C@]1(C)O. The lowest BCUT2D eigenvalue weighted by atomic mass is 9.57. The van der Waals surface area contributed by atoms with Crippen molar-refractivity contribution in [1.29, 1.82) is 0 Å². The van der Waals surface area contributed by atoms with Crippen LogP contribution in [0.1, 0.15) is 88.5 Å². The quantitative estimate of drug-likeness (QED) is 0.149. The molecule has 1 fully saturated rings. The monoisotopic (exact) mass is 602 g/mol. The largest absolute Gasteiger partial charge is 0.393 e. The Morgan fingerprint density at radius 2 is 1.16 bits per heavy atom. The molecule has 0 aromatic heterocycles. The van der Waals surface area contributed by atoms with Crippen LogP contribution in [0.5, 0.6) is 0 Å². The Morgan fingerprint density at radius 1 is 0.682 bits per heavy atom. The van der Waals surface area contributed by atoms with Gasteiger partial charge in [-0.15, -0.1) is 0 Å². The van der Waals surface area contributed by atoms with Crippen LogP contribution in [0.3, 0.4) is 0 Å². The van der Waals surface area contributed by atoms with Crippen molar-refractivity contribution in [3.05, 3.63) is 119 Å². The molecule has 1 saturated carbocycles. The highest BCUT2D eigenvalue weighted by Crippen LogP contribution is 2.50. The lowest BCUT2D eigenvalue weighted by molar-refractivity contribution is -0.216. The highest BCUT2D eigenvalue weighted by Gasteiger charge is 2.58. The average Bonchev–Trinajstić information content (AvgIpc) is 2.87. The standard InChI is InChI=1S/C40H58O4/c1-29(17-13-19-31(3)21-22-36-33(5)25-34(41)26-37(36,6)7)15-11-12-16-30(2)18-14-20-32(4)23-24-40(44)38(8,9)27-35(42)28-39(40,10)43/h11-25,34-36,41-44H,26-28H2,1-10H3/b12-11+,17-13+,18-14+,22-21+,24-23+,29-15+,30-16+,31-19+,32-20+/t34-,35+,36+,39+,40+/m1/s1. The van der Waals surface area contributed by atoms with Gasteiger partial charge in [0, 0.05) is 17.8 Å². The fourth-order valence-corrected chi connectivity index (χ4v) is 6.57. The van der Waals surface area contributed by atoms with Crippen molar-refractivity contribution >= 4 is 0 Å². The van der Waals surface area contributed by atoms with Gasteiger partial charge in [0.25, 0.3) is 0 Å². The predicted molar refractivity (Wildman–Crippen MR) is 187 cm³/mol. The van der Waals surface area contributed by atoms with Gasteiger partial charge in [0.1, 0.15) is 5.60 Å². The third-order valence-corrected chi connectivity index (χ3v) is 9.16. The highest BCUT2D eigenvalue weighted by atomic mass is 16.4. The second-order valence-corrected chi connectivity index (χ2v) is 14.6. The Hall–Kier alpha value is -2.76. The summed E-state index contributed by atoms with van der Waals surface area (Å²) in [5, 5.41) is 42.5. The van der Waals surface area contributed by atoms with Crippen molar-refractivity contribution < 1.29 is 20.4 Å². The Morgan fingerprint density at radius 3 is 1.66 bits per heavy atom. The molecule has 4 heteroatoms. The first-order valence-corrected chi connectivity index (χ1v) is 15.9. The van der Waals surface area contributed by atoms with Gasteiger partial charge in [-0.2, -0.15) is 0 Å². The Balaban J connectivity index is 1.93. The van der Waals surface area contributed by atoms with Crippen LogP contribution >= 0.6 is 0 Å². The third kappa shape index (κ3) is 10.4. The second kappa shape index (κ2) is 15.5. The van der Waals surface area contributed by atoms with E-state index in [-0.39, 0.29) is 17.9 Å². The van der Waals surface area contributed by atoms with Crippen LogP contribution in [0.2, 0.25) is 0 Å². The molecule has 44 heavy (non-hydrogen) atoms. The van der Waals surface area contributed by atoms with Crippen molar-refractivity contribution in [2.75, 3.05) is 0 Å². The number of aliphatic hydroxyl groups is 4. The van der Waals surface area contributed by atoms with Crippen LogP contribution in [0, 0.1) is 16.7 Å². The van der Waals surface area contributed by atoms with E-state index in [9.17, 15) is 20.4 Å². The molecule has 2 aliphatic rings. The van der Waals surface area contributed by atoms with E-state index in [1.807, 2.05) is 70.2 Å². The molecule has 0 aromatic carbocycles. The first kappa shape index (κ1) is 37.4. The van der Waals surface area contributed by atoms with Gasteiger partial charge in [0.05, 0.1) is 17.8 Å². The Kier molecular flexibility index (Phi) is 13.2. The maximum atomic E-state index is 11.4. The molecule has 0 saturated heterocycles. The minimum Gasteiger partial charge on any atom is -0.393 e.